The molecule has 0 atom stereocenters. The number of piperidine rings is 1. The van der Waals surface area contributed by atoms with Crippen molar-refractivity contribution in [3.63, 3.8) is 0 Å². The number of fused-ring (bicyclic) bond motifs is 1. The number of carbonyl (C=O) groups excluding carboxylic acids is 3. The van der Waals surface area contributed by atoms with Crippen LogP contribution < -0.4 is 20.1 Å². The van der Waals surface area contributed by atoms with E-state index in [-0.39, 0.29) is 69.5 Å². The first kappa shape index (κ1) is 43.6. The fourth-order valence-corrected chi connectivity index (χ4v) is 8.42. The first-order valence-electron chi connectivity index (χ1n) is 18.7. The Labute approximate surface area is 357 Å². The summed E-state index contributed by atoms with van der Waals surface area (Å²) in [5.74, 6) is -0.770. The number of aliphatic hydroxyl groups is 1. The predicted octanol–water partition coefficient (Wildman–Crippen LogP) is 7.50. The minimum Gasteiger partial charge on any atom is -0.497 e. The number of amides is 2. The number of nitrogens with zero attached hydrogens (tertiary/aromatic N) is 3. The number of pyridine rings is 1. The molecule has 0 saturated carbocycles. The lowest BCUT2D eigenvalue weighted by atomic mass is 10.1. The minimum atomic E-state index is -4.11. The number of carbonyl (C=O) groups is 3. The second kappa shape index (κ2) is 19.4. The number of likely N-dealkylation sites (tertiary alicyclic amines) is 1. The number of nitrogens with one attached hydrogen (secondary N) is 2. The number of aromatic nitrogens is 1. The molecular weight excluding hydrogens is 841 g/mol. The number of Topliss-reactive ketones (excluding diaryl/α,β-unsaturated/α-hetero) is 1. The van der Waals surface area contributed by atoms with Crippen LogP contribution >= 0.6 is 34.8 Å². The van der Waals surface area contributed by atoms with Crippen LogP contribution in [-0.2, 0) is 14.8 Å². The molecule has 310 valence electrons. The van der Waals surface area contributed by atoms with Gasteiger partial charge in [-0.1, -0.05) is 34.8 Å². The van der Waals surface area contributed by atoms with Gasteiger partial charge in [-0.25, -0.2) is 8.42 Å². The van der Waals surface area contributed by atoms with Crippen LogP contribution in [0.25, 0.3) is 10.9 Å². The molecule has 0 unspecified atom stereocenters. The fraction of sp³-hybridized carbons (Fsp3) is 0.286. The van der Waals surface area contributed by atoms with E-state index in [9.17, 15) is 27.9 Å². The molecule has 59 heavy (non-hydrogen) atoms. The third-order valence-electron chi connectivity index (χ3n) is 9.72. The van der Waals surface area contributed by atoms with Crippen LogP contribution in [0.2, 0.25) is 15.1 Å². The molecule has 13 nitrogen and oxygen atoms in total. The second-order valence-corrected chi connectivity index (χ2v) is 17.0. The predicted molar refractivity (Wildman–Crippen MR) is 229 cm³/mol. The smallest absolute Gasteiger partial charge is 0.253 e. The number of hydrogen-bond acceptors (Lipinski definition) is 10. The molecule has 0 radical (unpaired) electrons. The number of ether oxygens (including phenoxy) is 2. The molecule has 6 rings (SSSR count). The van der Waals surface area contributed by atoms with E-state index in [2.05, 4.69) is 15.6 Å². The van der Waals surface area contributed by atoms with Gasteiger partial charge in [0.05, 0.1) is 39.4 Å². The molecule has 0 bridgehead atoms. The number of anilines is 2. The highest BCUT2D eigenvalue weighted by molar-refractivity contribution is 7.89. The first-order valence-corrected chi connectivity index (χ1v) is 21.3. The van der Waals surface area contributed by atoms with Crippen LogP contribution in [0.15, 0.2) is 89.8 Å². The first-order chi connectivity index (χ1) is 28.2. The SMILES string of the molecule is COc1ccc(S(=O)(=O)N(CCNc2cc(C)nc3ccc(Cl)cc23)CCC(=O)Nc2ccc(C(=O)N3CCC(O)CC3)cc2OCC(=O)c2ccc(Cl)c(Cl)c2)cc1. The third-order valence-corrected chi connectivity index (χ3v) is 12.6. The molecule has 1 aromatic heterocycles. The number of halogens is 3. The standard InChI is InChI=1S/C42H42Cl3N5O8S/c1-26-21-38(33-24-29(43)5-12-36(33)47-26)46-16-20-50(59(55,56)32-8-6-31(57-2)7-9-32)19-15-41(53)48-37-11-4-28(42(54)49-17-13-30(51)14-18-49)23-40(37)58-25-39(52)27-3-10-34(44)35(45)22-27/h3-12,21-24,30,51H,13-20,25H2,1-2H3,(H,46,47)(H,48,53). The fourth-order valence-electron chi connectivity index (χ4n) is 6.51. The Morgan fingerprint density at radius 2 is 1.61 bits per heavy atom. The van der Waals surface area contributed by atoms with E-state index in [0.717, 1.165) is 22.3 Å². The van der Waals surface area contributed by atoms with Gasteiger partial charge >= 0.3 is 0 Å². The number of hydrogen-bond donors (Lipinski definition) is 3. The van der Waals surface area contributed by atoms with Crippen molar-refractivity contribution in [2.75, 3.05) is 57.1 Å². The Balaban J connectivity index is 1.20. The number of methoxy groups -OCH3 is 1. The quantitative estimate of drug-likeness (QED) is 0.0845. The van der Waals surface area contributed by atoms with Gasteiger partial charge in [0.25, 0.3) is 5.91 Å². The van der Waals surface area contributed by atoms with E-state index >= 15 is 0 Å². The highest BCUT2D eigenvalue weighted by Crippen LogP contribution is 2.30. The van der Waals surface area contributed by atoms with E-state index in [1.54, 1.807) is 29.2 Å². The lowest BCUT2D eigenvalue weighted by Gasteiger charge is -2.29. The van der Waals surface area contributed by atoms with E-state index in [0.29, 0.717) is 36.7 Å². The monoisotopic (exact) mass is 881 g/mol. The lowest BCUT2D eigenvalue weighted by Crippen LogP contribution is -2.40. The number of benzene rings is 4. The van der Waals surface area contributed by atoms with E-state index < -0.39 is 34.4 Å². The lowest BCUT2D eigenvalue weighted by molar-refractivity contribution is -0.116. The third kappa shape index (κ3) is 11.0. The van der Waals surface area contributed by atoms with Gasteiger partial charge in [0.15, 0.2) is 12.4 Å². The van der Waals surface area contributed by atoms with E-state index in [4.69, 9.17) is 44.3 Å². The molecule has 1 saturated heterocycles. The zero-order valence-corrected chi connectivity index (χ0v) is 35.3. The summed E-state index contributed by atoms with van der Waals surface area (Å²) in [5.41, 5.74) is 2.86. The Morgan fingerprint density at radius 3 is 2.32 bits per heavy atom. The van der Waals surface area contributed by atoms with Crippen molar-refractivity contribution in [3.8, 4) is 11.5 Å². The zero-order chi connectivity index (χ0) is 42.3. The second-order valence-electron chi connectivity index (χ2n) is 13.9. The largest absolute Gasteiger partial charge is 0.497 e. The van der Waals surface area contributed by atoms with Crippen molar-refractivity contribution in [1.29, 1.82) is 0 Å². The molecule has 4 aromatic carbocycles. The maximum absolute atomic E-state index is 14.0. The van der Waals surface area contributed by atoms with Gasteiger partial charge in [0.1, 0.15) is 11.5 Å². The topological polar surface area (TPSA) is 167 Å². The van der Waals surface area contributed by atoms with Crippen LogP contribution in [-0.4, -0.2) is 97.9 Å². The van der Waals surface area contributed by atoms with Crippen LogP contribution in [0, 0.1) is 6.92 Å². The van der Waals surface area contributed by atoms with E-state index in [1.807, 2.05) is 19.1 Å². The molecule has 0 spiro atoms. The molecule has 2 amide bonds. The number of aryl methyl sites for hydroxylation is 1. The molecule has 1 aliphatic rings. The summed E-state index contributed by atoms with van der Waals surface area (Å²) in [6.07, 6.45) is 0.142. The minimum absolute atomic E-state index is 0.0133. The summed E-state index contributed by atoms with van der Waals surface area (Å²) in [7, 11) is -2.63. The maximum atomic E-state index is 14.0. The van der Waals surface area contributed by atoms with E-state index in [1.165, 1.54) is 59.9 Å². The van der Waals surface area contributed by atoms with Crippen molar-refractivity contribution >= 4 is 84.7 Å². The Kier molecular flexibility index (Phi) is 14.3. The van der Waals surface area contributed by atoms with Crippen molar-refractivity contribution in [3.05, 3.63) is 117 Å². The summed E-state index contributed by atoms with van der Waals surface area (Å²) in [5, 5.41) is 17.8. The van der Waals surface area contributed by atoms with Crippen molar-refractivity contribution in [1.82, 2.24) is 14.2 Å². The summed E-state index contributed by atoms with van der Waals surface area (Å²) < 4.78 is 40.5. The average Bonchev–Trinajstić information content (AvgIpc) is 3.22. The average molecular weight is 883 g/mol. The van der Waals surface area contributed by atoms with Crippen molar-refractivity contribution in [2.45, 2.75) is 37.2 Å². The van der Waals surface area contributed by atoms with Crippen molar-refractivity contribution in [2.24, 2.45) is 0 Å². The van der Waals surface area contributed by atoms with Gasteiger partial charge in [0, 0.05) is 72.1 Å². The van der Waals surface area contributed by atoms with Crippen LogP contribution in [0.4, 0.5) is 11.4 Å². The van der Waals surface area contributed by atoms with Gasteiger partial charge in [-0.05, 0) is 105 Å². The zero-order valence-electron chi connectivity index (χ0n) is 32.2. The van der Waals surface area contributed by atoms with Crippen LogP contribution in [0.1, 0.15) is 45.7 Å². The number of sulfonamides is 1. The van der Waals surface area contributed by atoms with Gasteiger partial charge < -0.3 is 30.1 Å². The van der Waals surface area contributed by atoms with Crippen LogP contribution in [0.5, 0.6) is 11.5 Å². The molecule has 5 aromatic rings. The summed E-state index contributed by atoms with van der Waals surface area (Å²) in [4.78, 5) is 46.4. The Bertz CT molecular complexity index is 2460. The normalized spacial score (nSPS) is 13.4. The number of ketones is 1. The molecule has 3 N–H and O–H groups in total. The Morgan fingerprint density at radius 1 is 0.881 bits per heavy atom. The highest BCUT2D eigenvalue weighted by atomic mass is 35.5. The summed E-state index contributed by atoms with van der Waals surface area (Å²) in [6, 6.07) is 22.0. The molecule has 17 heteroatoms. The molecule has 1 fully saturated rings. The Hall–Kier alpha value is -4.96. The number of rotatable bonds is 16. The van der Waals surface area contributed by atoms with Gasteiger partial charge in [-0.2, -0.15) is 4.31 Å². The molecule has 1 aliphatic heterocycles. The number of aliphatic hydroxyl groups excluding tert-OH is 1. The van der Waals surface area contributed by atoms with Crippen LogP contribution in [0.3, 0.4) is 0 Å². The summed E-state index contributed by atoms with van der Waals surface area (Å²) in [6.45, 7) is 2.08. The molecule has 2 heterocycles. The molecular formula is C42H42Cl3N5O8S. The summed E-state index contributed by atoms with van der Waals surface area (Å²) >= 11 is 18.4. The maximum Gasteiger partial charge on any atom is 0.253 e. The molecule has 0 aliphatic carbocycles. The van der Waals surface area contributed by atoms with Gasteiger partial charge in [-0.15, -0.1) is 0 Å². The van der Waals surface area contributed by atoms with Gasteiger partial charge in [0.2, 0.25) is 15.9 Å². The highest BCUT2D eigenvalue weighted by Gasteiger charge is 2.27. The van der Waals surface area contributed by atoms with Gasteiger partial charge in [-0.3, -0.25) is 19.4 Å². The van der Waals surface area contributed by atoms with Crippen molar-refractivity contribution < 1.29 is 37.4 Å².